The Balaban J connectivity index is 1.44. The zero-order valence-electron chi connectivity index (χ0n) is 22.7. The molecule has 2 aliphatic rings. The third kappa shape index (κ3) is 5.68. The Morgan fingerprint density at radius 2 is 1.90 bits per heavy atom. The lowest BCUT2D eigenvalue weighted by atomic mass is 10.00. The minimum absolute atomic E-state index is 0.0339. The maximum absolute atomic E-state index is 13.5. The minimum Gasteiger partial charge on any atom is -0.496 e. The molecule has 8 nitrogen and oxygen atoms in total. The number of hydrogen-bond acceptors (Lipinski definition) is 6. The summed E-state index contributed by atoms with van der Waals surface area (Å²) in [4.78, 5) is 17.6. The monoisotopic (exact) mass is 559 g/mol. The van der Waals surface area contributed by atoms with Gasteiger partial charge in [-0.3, -0.25) is 9.20 Å². The molecule has 210 valence electrons. The van der Waals surface area contributed by atoms with E-state index in [0.717, 1.165) is 24.0 Å². The van der Waals surface area contributed by atoms with Crippen LogP contribution in [0.1, 0.15) is 46.7 Å². The molecule has 1 aliphatic heterocycles. The molecule has 3 heterocycles. The molecule has 6 rings (SSSR count). The van der Waals surface area contributed by atoms with E-state index in [0.29, 0.717) is 29.3 Å². The first-order chi connectivity index (χ1) is 19.9. The quantitative estimate of drug-likeness (QED) is 0.167. The van der Waals surface area contributed by atoms with Gasteiger partial charge in [0, 0.05) is 17.5 Å². The summed E-state index contributed by atoms with van der Waals surface area (Å²) in [6.45, 7) is -2.76. The second-order valence-electron chi connectivity index (χ2n) is 10.3. The number of halogens is 2. The second-order valence-corrected chi connectivity index (χ2v) is 10.3. The predicted molar refractivity (Wildman–Crippen MR) is 150 cm³/mol. The van der Waals surface area contributed by atoms with Crippen molar-refractivity contribution in [2.24, 2.45) is 11.0 Å². The fraction of sp³-hybridized carbons (Fsp3) is 0.290. The topological polar surface area (TPSA) is 77.4 Å². The van der Waals surface area contributed by atoms with E-state index in [1.807, 2.05) is 66.5 Å². The number of ether oxygens (including phenoxy) is 3. The van der Waals surface area contributed by atoms with Crippen LogP contribution in [-0.2, 0) is 6.61 Å². The van der Waals surface area contributed by atoms with Crippen molar-refractivity contribution in [3.05, 3.63) is 77.6 Å². The average molecular weight is 560 g/mol. The Bertz CT molecular complexity index is 1660. The van der Waals surface area contributed by atoms with Gasteiger partial charge in [-0.25, -0.2) is 4.98 Å². The van der Waals surface area contributed by atoms with Gasteiger partial charge in [0.05, 0.1) is 31.4 Å². The Morgan fingerprint density at radius 3 is 2.59 bits per heavy atom. The molecule has 41 heavy (non-hydrogen) atoms. The van der Waals surface area contributed by atoms with Gasteiger partial charge in [0.1, 0.15) is 41.0 Å². The molecular weight excluding hydrogens is 530 g/mol. The van der Waals surface area contributed by atoms with Gasteiger partial charge in [-0.05, 0) is 47.6 Å². The van der Waals surface area contributed by atoms with Gasteiger partial charge in [-0.15, -0.1) is 0 Å². The maximum atomic E-state index is 13.5. The van der Waals surface area contributed by atoms with Crippen LogP contribution in [0.2, 0.25) is 0 Å². The zero-order valence-corrected chi connectivity index (χ0v) is 22.7. The number of hydrazone groups is 1. The van der Waals surface area contributed by atoms with Crippen molar-refractivity contribution in [3.8, 4) is 28.5 Å². The number of carbonyl (C=O) groups is 1. The third-order valence-corrected chi connectivity index (χ3v) is 7.27. The van der Waals surface area contributed by atoms with Crippen LogP contribution < -0.4 is 14.2 Å². The average Bonchev–Trinajstić information content (AvgIpc) is 3.51. The summed E-state index contributed by atoms with van der Waals surface area (Å²) in [7, 11) is 3.27. The van der Waals surface area contributed by atoms with Crippen molar-refractivity contribution >= 4 is 23.9 Å². The molecule has 0 radical (unpaired) electrons. The van der Waals surface area contributed by atoms with E-state index in [1.165, 1.54) is 13.2 Å². The van der Waals surface area contributed by atoms with E-state index in [2.05, 4.69) is 10.1 Å². The van der Waals surface area contributed by atoms with E-state index in [9.17, 15) is 13.6 Å². The number of rotatable bonds is 11. The highest BCUT2D eigenvalue weighted by Gasteiger charge is 2.30. The number of benzene rings is 2. The van der Waals surface area contributed by atoms with Crippen LogP contribution in [0, 0.1) is 5.92 Å². The van der Waals surface area contributed by atoms with E-state index in [4.69, 9.17) is 14.2 Å². The van der Waals surface area contributed by atoms with E-state index in [1.54, 1.807) is 16.9 Å². The molecule has 1 saturated carbocycles. The van der Waals surface area contributed by atoms with Crippen LogP contribution in [0.3, 0.4) is 0 Å². The molecule has 10 heteroatoms. The molecule has 1 atom stereocenters. The van der Waals surface area contributed by atoms with Gasteiger partial charge in [-0.2, -0.15) is 8.78 Å². The summed E-state index contributed by atoms with van der Waals surface area (Å²) < 4.78 is 47.2. The predicted octanol–water partition coefficient (Wildman–Crippen LogP) is 5.97. The molecule has 0 amide bonds. The van der Waals surface area contributed by atoms with Gasteiger partial charge in [0.15, 0.2) is 19.0 Å². The Kier molecular flexibility index (Phi) is 7.21. The van der Waals surface area contributed by atoms with Gasteiger partial charge < -0.3 is 14.2 Å². The highest BCUT2D eigenvalue weighted by Crippen LogP contribution is 2.41. The molecule has 0 saturated heterocycles. The molecule has 4 aromatic rings. The normalized spacial score (nSPS) is 16.3. The number of methoxy groups -OCH3 is 1. The van der Waals surface area contributed by atoms with Crippen LogP contribution in [0.25, 0.3) is 16.9 Å². The summed E-state index contributed by atoms with van der Waals surface area (Å²) in [5, 5.41) is 4.34. The molecule has 0 bridgehead atoms. The zero-order chi connectivity index (χ0) is 28.5. The molecular formula is C31H29F2N4O4+. The Labute approximate surface area is 235 Å². The van der Waals surface area contributed by atoms with Crippen LogP contribution in [-0.4, -0.2) is 53.1 Å². The fourth-order valence-corrected chi connectivity index (χ4v) is 5.05. The van der Waals surface area contributed by atoms with Crippen LogP contribution in [0.15, 0.2) is 66.0 Å². The summed E-state index contributed by atoms with van der Waals surface area (Å²) >= 11 is 0. The number of imidazole rings is 1. The van der Waals surface area contributed by atoms with Crippen LogP contribution >= 0.6 is 0 Å². The number of pyridine rings is 1. The SMILES string of the molecule is COc1cc(-c2cnc3cc(C4C=N[N+](C)=C4)c(OCc4ccccc4)cn23)cc(OC(F)F)c1C(=O)CC1CC1. The largest absolute Gasteiger partial charge is 0.496 e. The van der Waals surface area contributed by atoms with Crippen molar-refractivity contribution in [2.45, 2.75) is 38.4 Å². The van der Waals surface area contributed by atoms with Crippen molar-refractivity contribution in [1.29, 1.82) is 0 Å². The van der Waals surface area contributed by atoms with E-state index in [-0.39, 0.29) is 41.1 Å². The Morgan fingerprint density at radius 1 is 1.12 bits per heavy atom. The number of hydrogen-bond donors (Lipinski definition) is 0. The van der Waals surface area contributed by atoms with Crippen LogP contribution in [0.5, 0.6) is 17.2 Å². The third-order valence-electron chi connectivity index (χ3n) is 7.27. The molecule has 0 N–H and O–H groups in total. The van der Waals surface area contributed by atoms with E-state index < -0.39 is 6.61 Å². The van der Waals surface area contributed by atoms with Gasteiger partial charge in [0.25, 0.3) is 0 Å². The highest BCUT2D eigenvalue weighted by atomic mass is 19.3. The van der Waals surface area contributed by atoms with Gasteiger partial charge in [0.2, 0.25) is 0 Å². The lowest BCUT2D eigenvalue weighted by Crippen LogP contribution is -2.11. The molecule has 2 aromatic carbocycles. The molecule has 2 aromatic heterocycles. The number of nitrogens with zero attached hydrogens (tertiary/aromatic N) is 4. The van der Waals surface area contributed by atoms with Crippen molar-refractivity contribution < 1.29 is 32.5 Å². The second kappa shape index (κ2) is 11.1. The molecule has 0 spiro atoms. The summed E-state index contributed by atoms with van der Waals surface area (Å²) in [5.41, 5.74) is 3.66. The summed E-state index contributed by atoms with van der Waals surface area (Å²) in [5.74, 6) is 0.471. The van der Waals surface area contributed by atoms with Crippen molar-refractivity contribution in [2.75, 3.05) is 14.2 Å². The smallest absolute Gasteiger partial charge is 0.387 e. The number of alkyl halides is 2. The van der Waals surface area contributed by atoms with Crippen molar-refractivity contribution in [1.82, 2.24) is 9.38 Å². The number of fused-ring (bicyclic) bond motifs is 1. The summed E-state index contributed by atoms with van der Waals surface area (Å²) in [6.07, 6.45) is 9.47. The fourth-order valence-electron chi connectivity index (χ4n) is 5.05. The van der Waals surface area contributed by atoms with Crippen molar-refractivity contribution in [3.63, 3.8) is 0 Å². The van der Waals surface area contributed by atoms with E-state index >= 15 is 0 Å². The molecule has 1 unspecified atom stereocenters. The number of aromatic nitrogens is 2. The first-order valence-electron chi connectivity index (χ1n) is 13.4. The number of carbonyl (C=O) groups excluding carboxylic acids is 1. The van der Waals surface area contributed by atoms with Gasteiger partial charge >= 0.3 is 6.61 Å². The minimum atomic E-state index is -3.10. The lowest BCUT2D eigenvalue weighted by molar-refractivity contribution is -0.494. The van der Waals surface area contributed by atoms with Crippen LogP contribution in [0.4, 0.5) is 8.78 Å². The molecule has 1 aliphatic carbocycles. The standard InChI is InChI=1S/C31H29F2N4O4/c1-36-16-22(14-35-36)23-13-29-34-15-24(37(29)17-28(23)40-18-20-6-4-3-5-7-20)21-11-26(39-2)30(25(38)10-19-8-9-19)27(12-21)41-31(32)33/h3-7,11-17,19,22,31H,8-10,18H2,1-2H3/q+1. The lowest BCUT2D eigenvalue weighted by Gasteiger charge is -2.17. The molecule has 1 fully saturated rings. The maximum Gasteiger partial charge on any atom is 0.387 e. The highest BCUT2D eigenvalue weighted by molar-refractivity contribution is 6.02. The first-order valence-corrected chi connectivity index (χ1v) is 13.4. The number of ketones is 1. The Hall–Kier alpha value is -4.60. The summed E-state index contributed by atoms with van der Waals surface area (Å²) in [6, 6.07) is 14.9. The first kappa shape index (κ1) is 26.6. The van der Waals surface area contributed by atoms with Gasteiger partial charge in [-0.1, -0.05) is 35.0 Å². The number of Topliss-reactive ketones (excluding diaryl/α,β-unsaturated/α-hetero) is 1.